The minimum atomic E-state index is -1.08. The SMILES string of the molecule is CC(C)COCCNC(=O)Nc1ccccc1C(=O)O. The number of carbonyl (C=O) groups is 2. The fourth-order valence-corrected chi connectivity index (χ4v) is 1.50. The smallest absolute Gasteiger partial charge is 0.337 e. The number of carboxylic acids is 1. The summed E-state index contributed by atoms with van der Waals surface area (Å²) in [6.45, 7) is 5.52. The van der Waals surface area contributed by atoms with Crippen molar-refractivity contribution in [1.29, 1.82) is 0 Å². The molecule has 0 spiro atoms. The summed E-state index contributed by atoms with van der Waals surface area (Å²) in [6.07, 6.45) is 0. The first kappa shape index (κ1) is 16.0. The maximum atomic E-state index is 11.6. The number of nitrogens with one attached hydrogen (secondary N) is 2. The van der Waals surface area contributed by atoms with Crippen molar-refractivity contribution in [3.63, 3.8) is 0 Å². The van der Waals surface area contributed by atoms with Crippen LogP contribution in [0.2, 0.25) is 0 Å². The van der Waals surface area contributed by atoms with Gasteiger partial charge in [-0.05, 0) is 18.1 Å². The fraction of sp³-hybridized carbons (Fsp3) is 0.429. The molecule has 0 aliphatic heterocycles. The highest BCUT2D eigenvalue weighted by molar-refractivity contribution is 5.99. The van der Waals surface area contributed by atoms with Crippen LogP contribution in [0.3, 0.4) is 0 Å². The predicted molar refractivity (Wildman–Crippen MR) is 76.1 cm³/mol. The summed E-state index contributed by atoms with van der Waals surface area (Å²) in [5.41, 5.74) is 0.319. The highest BCUT2D eigenvalue weighted by Gasteiger charge is 2.10. The second-order valence-corrected chi connectivity index (χ2v) is 4.70. The molecule has 0 bridgehead atoms. The van der Waals surface area contributed by atoms with E-state index in [-0.39, 0.29) is 11.3 Å². The van der Waals surface area contributed by atoms with E-state index in [9.17, 15) is 9.59 Å². The molecule has 6 heteroatoms. The molecular weight excluding hydrogens is 260 g/mol. The van der Waals surface area contributed by atoms with Gasteiger partial charge in [0.15, 0.2) is 0 Å². The van der Waals surface area contributed by atoms with Crippen LogP contribution in [-0.4, -0.2) is 36.9 Å². The lowest BCUT2D eigenvalue weighted by Gasteiger charge is -2.10. The van der Waals surface area contributed by atoms with E-state index in [2.05, 4.69) is 10.6 Å². The molecule has 1 aromatic rings. The molecule has 1 rings (SSSR count). The van der Waals surface area contributed by atoms with Crippen molar-refractivity contribution in [2.45, 2.75) is 13.8 Å². The lowest BCUT2D eigenvalue weighted by atomic mass is 10.2. The van der Waals surface area contributed by atoms with E-state index in [0.717, 1.165) is 0 Å². The number of carbonyl (C=O) groups excluding carboxylic acids is 1. The Morgan fingerprint density at radius 2 is 2.00 bits per heavy atom. The van der Waals surface area contributed by atoms with Gasteiger partial charge in [0, 0.05) is 13.2 Å². The third kappa shape index (κ3) is 5.71. The molecule has 6 nitrogen and oxygen atoms in total. The molecule has 0 radical (unpaired) electrons. The molecule has 0 saturated carbocycles. The summed E-state index contributed by atoms with van der Waals surface area (Å²) in [4.78, 5) is 22.6. The monoisotopic (exact) mass is 280 g/mol. The molecule has 0 atom stereocenters. The van der Waals surface area contributed by atoms with E-state index in [0.29, 0.717) is 25.7 Å². The first-order chi connectivity index (χ1) is 9.50. The Bertz CT molecular complexity index is 460. The number of hydrogen-bond acceptors (Lipinski definition) is 3. The lowest BCUT2D eigenvalue weighted by Crippen LogP contribution is -2.32. The van der Waals surface area contributed by atoms with Gasteiger partial charge in [0.25, 0.3) is 0 Å². The molecule has 110 valence electrons. The van der Waals surface area contributed by atoms with E-state index >= 15 is 0 Å². The van der Waals surface area contributed by atoms with Gasteiger partial charge in [0.1, 0.15) is 0 Å². The van der Waals surface area contributed by atoms with Crippen LogP contribution in [0.15, 0.2) is 24.3 Å². The molecule has 0 aliphatic rings. The number of amides is 2. The van der Waals surface area contributed by atoms with E-state index in [1.807, 2.05) is 13.8 Å². The average molecular weight is 280 g/mol. The van der Waals surface area contributed by atoms with Crippen molar-refractivity contribution in [3.05, 3.63) is 29.8 Å². The second-order valence-electron chi connectivity index (χ2n) is 4.70. The van der Waals surface area contributed by atoms with Crippen LogP contribution in [-0.2, 0) is 4.74 Å². The molecule has 0 aliphatic carbocycles. The molecule has 0 saturated heterocycles. The van der Waals surface area contributed by atoms with Gasteiger partial charge in [-0.25, -0.2) is 9.59 Å². The summed E-state index contributed by atoms with van der Waals surface area (Å²) in [6, 6.07) is 5.79. The summed E-state index contributed by atoms with van der Waals surface area (Å²) < 4.78 is 5.32. The number of para-hydroxylation sites is 1. The molecule has 0 unspecified atom stereocenters. The van der Waals surface area contributed by atoms with Crippen LogP contribution in [0.4, 0.5) is 10.5 Å². The fourth-order valence-electron chi connectivity index (χ4n) is 1.50. The van der Waals surface area contributed by atoms with E-state index in [1.54, 1.807) is 12.1 Å². The average Bonchev–Trinajstić information content (AvgIpc) is 2.38. The van der Waals surface area contributed by atoms with Crippen molar-refractivity contribution in [2.24, 2.45) is 5.92 Å². The van der Waals surface area contributed by atoms with Gasteiger partial charge in [-0.2, -0.15) is 0 Å². The zero-order chi connectivity index (χ0) is 15.0. The number of benzene rings is 1. The Morgan fingerprint density at radius 3 is 2.65 bits per heavy atom. The normalized spacial score (nSPS) is 10.3. The number of urea groups is 1. The van der Waals surface area contributed by atoms with Crippen LogP contribution in [0.5, 0.6) is 0 Å². The zero-order valence-electron chi connectivity index (χ0n) is 11.7. The molecule has 0 aromatic heterocycles. The maximum Gasteiger partial charge on any atom is 0.337 e. The van der Waals surface area contributed by atoms with Gasteiger partial charge in [-0.15, -0.1) is 0 Å². The minimum Gasteiger partial charge on any atom is -0.478 e. The molecule has 0 fully saturated rings. The standard InChI is InChI=1S/C14H20N2O4/c1-10(2)9-20-8-7-15-14(19)16-12-6-4-3-5-11(12)13(17)18/h3-6,10H,7-9H2,1-2H3,(H,17,18)(H2,15,16,19). The summed E-state index contributed by atoms with van der Waals surface area (Å²) >= 11 is 0. The van der Waals surface area contributed by atoms with Gasteiger partial charge in [-0.1, -0.05) is 26.0 Å². The Kier molecular flexibility index (Phi) is 6.52. The zero-order valence-corrected chi connectivity index (χ0v) is 11.7. The maximum absolute atomic E-state index is 11.6. The van der Waals surface area contributed by atoms with Gasteiger partial charge >= 0.3 is 12.0 Å². The molecular formula is C14H20N2O4. The van der Waals surface area contributed by atoms with Gasteiger partial charge in [-0.3, -0.25) is 0 Å². The molecule has 1 aromatic carbocycles. The quantitative estimate of drug-likeness (QED) is 0.668. The second kappa shape index (κ2) is 8.16. The van der Waals surface area contributed by atoms with Crippen LogP contribution in [0.1, 0.15) is 24.2 Å². The first-order valence-corrected chi connectivity index (χ1v) is 6.45. The number of rotatable bonds is 7. The summed E-state index contributed by atoms with van der Waals surface area (Å²) in [5, 5.41) is 14.1. The number of carboxylic acid groups (broad SMARTS) is 1. The minimum absolute atomic E-state index is 0.0544. The number of aromatic carboxylic acids is 1. The largest absolute Gasteiger partial charge is 0.478 e. The third-order valence-corrected chi connectivity index (χ3v) is 2.39. The molecule has 2 amide bonds. The molecule has 20 heavy (non-hydrogen) atoms. The van der Waals surface area contributed by atoms with E-state index in [4.69, 9.17) is 9.84 Å². The van der Waals surface area contributed by atoms with Crippen LogP contribution < -0.4 is 10.6 Å². The number of hydrogen-bond donors (Lipinski definition) is 3. The number of anilines is 1. The van der Waals surface area contributed by atoms with Crippen molar-refractivity contribution < 1.29 is 19.4 Å². The predicted octanol–water partition coefficient (Wildman–Crippen LogP) is 2.18. The van der Waals surface area contributed by atoms with Crippen molar-refractivity contribution >= 4 is 17.7 Å². The van der Waals surface area contributed by atoms with Crippen LogP contribution >= 0.6 is 0 Å². The van der Waals surface area contributed by atoms with E-state index < -0.39 is 12.0 Å². The number of ether oxygens (including phenoxy) is 1. The third-order valence-electron chi connectivity index (χ3n) is 2.39. The van der Waals surface area contributed by atoms with Crippen molar-refractivity contribution in [3.8, 4) is 0 Å². The Hall–Kier alpha value is -2.08. The molecule has 0 heterocycles. The summed E-state index contributed by atoms with van der Waals surface area (Å²) in [5.74, 6) is -0.632. The van der Waals surface area contributed by atoms with Crippen molar-refractivity contribution in [1.82, 2.24) is 5.32 Å². The van der Waals surface area contributed by atoms with Crippen molar-refractivity contribution in [2.75, 3.05) is 25.1 Å². The highest BCUT2D eigenvalue weighted by atomic mass is 16.5. The topological polar surface area (TPSA) is 87.7 Å². The van der Waals surface area contributed by atoms with Gasteiger partial charge in [0.05, 0.1) is 17.9 Å². The van der Waals surface area contributed by atoms with E-state index in [1.165, 1.54) is 12.1 Å². The van der Waals surface area contributed by atoms with Gasteiger partial charge < -0.3 is 20.5 Å². The highest BCUT2D eigenvalue weighted by Crippen LogP contribution is 2.14. The van der Waals surface area contributed by atoms with Crippen LogP contribution in [0.25, 0.3) is 0 Å². The van der Waals surface area contributed by atoms with Crippen LogP contribution in [0, 0.1) is 5.92 Å². The lowest BCUT2D eigenvalue weighted by molar-refractivity contribution is 0.0698. The summed E-state index contributed by atoms with van der Waals surface area (Å²) in [7, 11) is 0. The first-order valence-electron chi connectivity index (χ1n) is 6.45. The Balaban J connectivity index is 2.37. The molecule has 3 N–H and O–H groups in total. The Morgan fingerprint density at radius 1 is 1.30 bits per heavy atom. The Labute approximate surface area is 118 Å². The van der Waals surface area contributed by atoms with Gasteiger partial charge in [0.2, 0.25) is 0 Å².